The summed E-state index contributed by atoms with van der Waals surface area (Å²) in [7, 11) is 0. The summed E-state index contributed by atoms with van der Waals surface area (Å²) >= 11 is 6.08. The van der Waals surface area contributed by atoms with Gasteiger partial charge in [-0.15, -0.1) is 0 Å². The molecule has 0 bridgehead atoms. The van der Waals surface area contributed by atoms with Crippen molar-refractivity contribution < 1.29 is 9.59 Å². The molecule has 2 aromatic carbocycles. The van der Waals surface area contributed by atoms with Gasteiger partial charge in [0.15, 0.2) is 0 Å². The third-order valence-electron chi connectivity index (χ3n) is 7.48. The van der Waals surface area contributed by atoms with E-state index in [4.69, 9.17) is 17.3 Å². The number of hydrogen-bond acceptors (Lipinski definition) is 3. The van der Waals surface area contributed by atoms with E-state index in [9.17, 15) is 9.59 Å². The average molecular weight is 507 g/mol. The molecule has 0 saturated carbocycles. The van der Waals surface area contributed by atoms with E-state index in [1.807, 2.05) is 35.2 Å². The first-order chi connectivity index (χ1) is 17.4. The number of carbonyl (C=O) groups is 2. The second-order valence-electron chi connectivity index (χ2n) is 10.0. The van der Waals surface area contributed by atoms with Crippen LogP contribution in [0.1, 0.15) is 49.4 Å². The van der Waals surface area contributed by atoms with Crippen LogP contribution in [0.3, 0.4) is 0 Å². The third kappa shape index (κ3) is 5.98. The maximum atomic E-state index is 14.0. The van der Waals surface area contributed by atoms with Gasteiger partial charge in [0.25, 0.3) is 0 Å². The van der Waals surface area contributed by atoms with Gasteiger partial charge in [-0.1, -0.05) is 80.3 Å². The van der Waals surface area contributed by atoms with Crippen molar-refractivity contribution in [1.29, 1.82) is 0 Å². The number of carbonyl (C=O) groups excluding carboxylic acids is 2. The van der Waals surface area contributed by atoms with E-state index < -0.39 is 17.7 Å². The minimum absolute atomic E-state index is 0.0182. The number of rotatable bonds is 12. The molecule has 190 valence electrons. The number of halogens is 1. The molecule has 2 atom stereocenters. The molecule has 3 N–H and O–H groups in total. The van der Waals surface area contributed by atoms with Crippen molar-refractivity contribution in [3.8, 4) is 0 Å². The van der Waals surface area contributed by atoms with E-state index in [0.29, 0.717) is 31.0 Å². The number of nitrogens with two attached hydrogens (primary N) is 1. The fraction of sp³-hybridized carbons (Fsp3) is 0.414. The largest absolute Gasteiger partial charge is 0.369 e. The standard InChI is InChI=1S/C29H35ClN4O2/c1-2-3-7-14-29(22-8-5-4-6-9-22)18-34(19-29)28(36)26(15-21-10-12-23(30)13-11-21)25(27(31)35)16-24-17-32-20-33-24/h4-6,8-13,17,20,25-26H,2-3,7,14-16,18-19H2,1H3,(H2,31,35)(H,32,33)/t25?,26-/m1/s1. The number of H-pyrrole nitrogens is 1. The molecule has 1 aliphatic heterocycles. The van der Waals surface area contributed by atoms with Gasteiger partial charge in [-0.05, 0) is 36.1 Å². The number of nitrogens with one attached hydrogen (secondary N) is 1. The minimum Gasteiger partial charge on any atom is -0.369 e. The highest BCUT2D eigenvalue weighted by Gasteiger charge is 2.48. The van der Waals surface area contributed by atoms with Gasteiger partial charge in [0.2, 0.25) is 11.8 Å². The van der Waals surface area contributed by atoms with Gasteiger partial charge < -0.3 is 15.6 Å². The summed E-state index contributed by atoms with van der Waals surface area (Å²) < 4.78 is 0. The highest BCUT2D eigenvalue weighted by Crippen LogP contribution is 2.41. The van der Waals surface area contributed by atoms with Gasteiger partial charge >= 0.3 is 0 Å². The highest BCUT2D eigenvalue weighted by molar-refractivity contribution is 6.30. The first-order valence-corrected chi connectivity index (χ1v) is 13.1. The van der Waals surface area contributed by atoms with E-state index in [2.05, 4.69) is 41.2 Å². The van der Waals surface area contributed by atoms with Gasteiger partial charge in [-0.25, -0.2) is 4.98 Å². The molecule has 0 spiro atoms. The fourth-order valence-corrected chi connectivity index (χ4v) is 5.54. The summed E-state index contributed by atoms with van der Waals surface area (Å²) in [6, 6.07) is 17.9. The summed E-state index contributed by atoms with van der Waals surface area (Å²) in [6.07, 6.45) is 8.52. The average Bonchev–Trinajstić information content (AvgIpc) is 3.37. The third-order valence-corrected chi connectivity index (χ3v) is 7.73. The van der Waals surface area contributed by atoms with Crippen LogP contribution in [0.5, 0.6) is 0 Å². The van der Waals surface area contributed by atoms with Crippen LogP contribution in [-0.4, -0.2) is 39.8 Å². The van der Waals surface area contributed by atoms with Crippen molar-refractivity contribution in [1.82, 2.24) is 14.9 Å². The lowest BCUT2D eigenvalue weighted by molar-refractivity contribution is -0.148. The molecular formula is C29H35ClN4O2. The molecule has 0 radical (unpaired) electrons. The van der Waals surface area contributed by atoms with E-state index in [0.717, 1.165) is 30.5 Å². The van der Waals surface area contributed by atoms with E-state index in [1.54, 1.807) is 12.5 Å². The Morgan fingerprint density at radius 3 is 2.39 bits per heavy atom. The van der Waals surface area contributed by atoms with Crippen LogP contribution in [0, 0.1) is 11.8 Å². The molecule has 1 aromatic heterocycles. The van der Waals surface area contributed by atoms with E-state index in [-0.39, 0.29) is 11.3 Å². The zero-order chi connectivity index (χ0) is 25.5. The maximum absolute atomic E-state index is 14.0. The molecule has 1 saturated heterocycles. The van der Waals surface area contributed by atoms with Gasteiger partial charge in [0.05, 0.1) is 18.2 Å². The number of hydrogen-bond donors (Lipinski definition) is 2. The van der Waals surface area contributed by atoms with Crippen molar-refractivity contribution in [2.75, 3.05) is 13.1 Å². The Labute approximate surface area is 218 Å². The lowest BCUT2D eigenvalue weighted by atomic mass is 9.69. The SMILES string of the molecule is CCCCCC1(c2ccccc2)CN(C(=O)[C@H](Cc2ccc(Cl)cc2)C(Cc2cnc[nH]2)C(N)=O)C1. The molecule has 2 heterocycles. The van der Waals surface area contributed by atoms with Crippen LogP contribution < -0.4 is 5.73 Å². The first kappa shape index (κ1) is 26.0. The van der Waals surface area contributed by atoms with Crippen molar-refractivity contribution in [2.24, 2.45) is 17.6 Å². The Bertz CT molecular complexity index is 1130. The molecule has 2 amide bonds. The van der Waals surface area contributed by atoms with Crippen LogP contribution in [0.4, 0.5) is 0 Å². The van der Waals surface area contributed by atoms with Gasteiger partial charge in [-0.3, -0.25) is 9.59 Å². The zero-order valence-corrected chi connectivity index (χ0v) is 21.6. The number of unbranched alkanes of at least 4 members (excludes halogenated alkanes) is 2. The molecule has 4 rings (SSSR count). The molecule has 3 aromatic rings. The molecule has 36 heavy (non-hydrogen) atoms. The number of likely N-dealkylation sites (tertiary alicyclic amines) is 1. The van der Waals surface area contributed by atoms with Gasteiger partial charge in [0, 0.05) is 41.8 Å². The minimum atomic E-state index is -0.652. The number of primary amides is 1. The first-order valence-electron chi connectivity index (χ1n) is 12.8. The number of nitrogens with zero attached hydrogens (tertiary/aromatic N) is 2. The zero-order valence-electron chi connectivity index (χ0n) is 20.8. The monoisotopic (exact) mass is 506 g/mol. The molecule has 1 aliphatic rings. The van der Waals surface area contributed by atoms with Gasteiger partial charge in [0.1, 0.15) is 0 Å². The van der Waals surface area contributed by atoms with Crippen LogP contribution >= 0.6 is 11.6 Å². The van der Waals surface area contributed by atoms with Crippen molar-refractivity contribution in [2.45, 2.75) is 50.9 Å². The lowest BCUT2D eigenvalue weighted by Crippen LogP contribution is -2.63. The van der Waals surface area contributed by atoms with Crippen molar-refractivity contribution in [3.63, 3.8) is 0 Å². The van der Waals surface area contributed by atoms with E-state index >= 15 is 0 Å². The molecule has 7 heteroatoms. The lowest BCUT2D eigenvalue weighted by Gasteiger charge is -2.52. The van der Waals surface area contributed by atoms with Crippen LogP contribution in [0.2, 0.25) is 5.02 Å². The number of imidazole rings is 1. The van der Waals surface area contributed by atoms with Gasteiger partial charge in [-0.2, -0.15) is 0 Å². The Morgan fingerprint density at radius 1 is 1.06 bits per heavy atom. The second kappa shape index (κ2) is 11.7. The molecule has 1 unspecified atom stereocenters. The molecule has 0 aliphatic carbocycles. The number of aromatic amines is 1. The summed E-state index contributed by atoms with van der Waals surface area (Å²) in [5, 5.41) is 0.632. The summed E-state index contributed by atoms with van der Waals surface area (Å²) in [5.74, 6) is -1.72. The summed E-state index contributed by atoms with van der Waals surface area (Å²) in [5.41, 5.74) is 8.87. The normalized spacial score (nSPS) is 16.2. The predicted octanol–water partition coefficient (Wildman–Crippen LogP) is 4.93. The molecule has 1 fully saturated rings. The van der Waals surface area contributed by atoms with E-state index in [1.165, 1.54) is 12.0 Å². The van der Waals surface area contributed by atoms with Crippen molar-refractivity contribution in [3.05, 3.63) is 89.0 Å². The Balaban J connectivity index is 1.58. The second-order valence-corrected chi connectivity index (χ2v) is 10.5. The van der Waals surface area contributed by atoms with Crippen molar-refractivity contribution >= 4 is 23.4 Å². The Kier molecular flexibility index (Phi) is 8.47. The van der Waals surface area contributed by atoms with Crippen LogP contribution in [-0.2, 0) is 27.8 Å². The predicted molar refractivity (Wildman–Crippen MR) is 142 cm³/mol. The Morgan fingerprint density at radius 2 is 1.78 bits per heavy atom. The van der Waals surface area contributed by atoms with Crippen LogP contribution in [0.25, 0.3) is 0 Å². The quantitative estimate of drug-likeness (QED) is 0.341. The number of benzene rings is 2. The Hall–Kier alpha value is -3.12. The number of aromatic nitrogens is 2. The summed E-state index contributed by atoms with van der Waals surface area (Å²) in [6.45, 7) is 3.52. The smallest absolute Gasteiger partial charge is 0.226 e. The highest BCUT2D eigenvalue weighted by atomic mass is 35.5. The maximum Gasteiger partial charge on any atom is 0.226 e. The fourth-order valence-electron chi connectivity index (χ4n) is 5.42. The topological polar surface area (TPSA) is 92.1 Å². The summed E-state index contributed by atoms with van der Waals surface area (Å²) in [4.78, 5) is 35.7. The molecular weight excluding hydrogens is 472 g/mol. The van der Waals surface area contributed by atoms with Crippen LogP contribution in [0.15, 0.2) is 67.1 Å². The number of amides is 2. The molecule has 6 nitrogen and oxygen atoms in total.